The molecule has 102 valence electrons. The normalized spacial score (nSPS) is 17.5. The van der Waals surface area contributed by atoms with Crippen LogP contribution in [0.2, 0.25) is 0 Å². The molecule has 2 aromatic rings. The van der Waals surface area contributed by atoms with Gasteiger partial charge in [-0.3, -0.25) is 10.2 Å². The number of carbonyl (C=O) groups is 1. The number of fused-ring (bicyclic) bond motifs is 1. The minimum atomic E-state index is -0.399. The van der Waals surface area contributed by atoms with E-state index in [0.29, 0.717) is 10.6 Å². The zero-order valence-corrected chi connectivity index (χ0v) is 11.5. The maximum atomic E-state index is 12.5. The van der Waals surface area contributed by atoms with Crippen LogP contribution in [0.15, 0.2) is 29.8 Å². The van der Waals surface area contributed by atoms with Crippen LogP contribution in [0.3, 0.4) is 0 Å². The van der Waals surface area contributed by atoms with E-state index in [-0.39, 0.29) is 11.6 Å². The Balaban J connectivity index is 2.02. The predicted octanol–water partition coefficient (Wildman–Crippen LogP) is 1.50. The molecule has 5 nitrogen and oxygen atoms in total. The summed E-state index contributed by atoms with van der Waals surface area (Å²) in [7, 11) is 0. The van der Waals surface area contributed by atoms with Gasteiger partial charge in [0, 0.05) is 23.7 Å². The number of hydrogen-bond donors (Lipinski definition) is 3. The number of benzene rings is 1. The highest BCUT2D eigenvalue weighted by Gasteiger charge is 2.28. The summed E-state index contributed by atoms with van der Waals surface area (Å²) in [5.41, 5.74) is 8.21. The molecule has 2 heterocycles. The number of hydrogen-bond acceptors (Lipinski definition) is 5. The topological polar surface area (TPSA) is 91.9 Å². The van der Waals surface area contributed by atoms with Crippen molar-refractivity contribution < 1.29 is 4.79 Å². The fraction of sp³-hybridized carbons (Fsp3) is 0.214. The van der Waals surface area contributed by atoms with Crippen LogP contribution in [-0.4, -0.2) is 23.1 Å². The van der Waals surface area contributed by atoms with Crippen molar-refractivity contribution in [3.63, 3.8) is 0 Å². The number of amidine groups is 1. The van der Waals surface area contributed by atoms with Gasteiger partial charge in [0.25, 0.3) is 0 Å². The van der Waals surface area contributed by atoms with Gasteiger partial charge in [-0.25, -0.2) is 4.98 Å². The van der Waals surface area contributed by atoms with Crippen LogP contribution >= 0.6 is 11.3 Å². The molecular weight excluding hydrogens is 272 g/mol. The highest BCUT2D eigenvalue weighted by atomic mass is 32.1. The molecule has 0 radical (unpaired) electrons. The van der Waals surface area contributed by atoms with Gasteiger partial charge in [-0.05, 0) is 23.6 Å². The number of nitrogens with two attached hydrogens (primary N) is 1. The summed E-state index contributed by atoms with van der Waals surface area (Å²) >= 11 is 1.34. The fourth-order valence-corrected chi connectivity index (χ4v) is 3.03. The molecular formula is C14H14N4OS. The van der Waals surface area contributed by atoms with Gasteiger partial charge in [-0.2, -0.15) is 0 Å². The van der Waals surface area contributed by atoms with Crippen molar-refractivity contribution in [2.24, 2.45) is 5.73 Å². The Morgan fingerprint density at radius 3 is 3.05 bits per heavy atom. The third-order valence-corrected chi connectivity index (χ3v) is 4.20. The summed E-state index contributed by atoms with van der Waals surface area (Å²) in [4.78, 5) is 16.6. The minimum absolute atomic E-state index is 0.0128. The molecule has 0 bridgehead atoms. The Morgan fingerprint density at radius 1 is 1.50 bits per heavy atom. The summed E-state index contributed by atoms with van der Waals surface area (Å²) in [6.45, 7) is 0.758. The van der Waals surface area contributed by atoms with Crippen LogP contribution in [0.25, 0.3) is 0 Å². The second-order valence-corrected chi connectivity index (χ2v) is 5.56. The van der Waals surface area contributed by atoms with E-state index < -0.39 is 6.04 Å². The molecule has 1 unspecified atom stereocenters. The molecule has 1 aromatic heterocycles. The number of rotatable bonds is 3. The Bertz CT molecular complexity index is 666. The summed E-state index contributed by atoms with van der Waals surface area (Å²) in [5.74, 6) is -0.0135. The van der Waals surface area contributed by atoms with Crippen LogP contribution in [0.5, 0.6) is 0 Å². The Labute approximate surface area is 120 Å². The SMILES string of the molecule is N=C(N)c1ccc2c(c1)C(C(=O)c1nccs1)NCC2. The largest absolute Gasteiger partial charge is 0.384 e. The zero-order chi connectivity index (χ0) is 14.1. The van der Waals surface area contributed by atoms with Crippen molar-refractivity contribution >= 4 is 23.0 Å². The molecule has 0 amide bonds. The van der Waals surface area contributed by atoms with Gasteiger partial charge in [0.05, 0.1) is 6.04 Å². The number of nitrogens with zero attached hydrogens (tertiary/aromatic N) is 1. The fourth-order valence-electron chi connectivity index (χ4n) is 2.42. The van der Waals surface area contributed by atoms with E-state index in [0.717, 1.165) is 24.1 Å². The van der Waals surface area contributed by atoms with Crippen LogP contribution < -0.4 is 11.1 Å². The number of nitrogen functional groups attached to an aromatic ring is 1. The molecule has 6 heteroatoms. The zero-order valence-electron chi connectivity index (χ0n) is 10.7. The quantitative estimate of drug-likeness (QED) is 0.453. The molecule has 1 aliphatic heterocycles. The Hall–Kier alpha value is -2.05. The van der Waals surface area contributed by atoms with Crippen molar-refractivity contribution in [3.8, 4) is 0 Å². The predicted molar refractivity (Wildman–Crippen MR) is 78.4 cm³/mol. The van der Waals surface area contributed by atoms with E-state index in [1.165, 1.54) is 11.3 Å². The first-order valence-electron chi connectivity index (χ1n) is 6.31. The molecule has 0 saturated heterocycles. The number of thiazole rings is 1. The average Bonchev–Trinajstić information content (AvgIpc) is 2.99. The second-order valence-electron chi connectivity index (χ2n) is 4.67. The summed E-state index contributed by atoms with van der Waals surface area (Å²) in [5, 5.41) is 13.1. The van der Waals surface area contributed by atoms with Gasteiger partial charge < -0.3 is 11.1 Å². The summed E-state index contributed by atoms with van der Waals surface area (Å²) < 4.78 is 0. The lowest BCUT2D eigenvalue weighted by Crippen LogP contribution is -2.35. The molecule has 0 aliphatic carbocycles. The van der Waals surface area contributed by atoms with E-state index in [2.05, 4.69) is 10.3 Å². The van der Waals surface area contributed by atoms with E-state index >= 15 is 0 Å². The number of aromatic nitrogens is 1. The molecule has 0 saturated carbocycles. The van der Waals surface area contributed by atoms with Crippen LogP contribution in [0.1, 0.15) is 32.5 Å². The van der Waals surface area contributed by atoms with E-state index in [1.54, 1.807) is 11.6 Å². The third-order valence-electron chi connectivity index (χ3n) is 3.42. The first-order chi connectivity index (χ1) is 9.66. The minimum Gasteiger partial charge on any atom is -0.384 e. The average molecular weight is 286 g/mol. The molecule has 20 heavy (non-hydrogen) atoms. The van der Waals surface area contributed by atoms with E-state index in [9.17, 15) is 4.79 Å². The summed E-state index contributed by atoms with van der Waals surface area (Å²) in [6.07, 6.45) is 2.50. The maximum Gasteiger partial charge on any atom is 0.212 e. The molecule has 1 atom stereocenters. The first kappa shape index (κ1) is 13.0. The smallest absolute Gasteiger partial charge is 0.212 e. The van der Waals surface area contributed by atoms with Crippen molar-refractivity contribution in [3.05, 3.63) is 51.5 Å². The number of ketones is 1. The van der Waals surface area contributed by atoms with Gasteiger partial charge in [0.2, 0.25) is 5.78 Å². The molecule has 4 N–H and O–H groups in total. The van der Waals surface area contributed by atoms with Crippen molar-refractivity contribution in [1.29, 1.82) is 5.41 Å². The molecule has 0 fully saturated rings. The van der Waals surface area contributed by atoms with Crippen molar-refractivity contribution in [1.82, 2.24) is 10.3 Å². The number of carbonyl (C=O) groups excluding carboxylic acids is 1. The molecule has 1 aromatic carbocycles. The lowest BCUT2D eigenvalue weighted by molar-refractivity contribution is 0.0939. The standard InChI is InChI=1S/C14H14N4OS/c15-13(16)9-2-1-8-3-4-17-11(10(8)7-9)12(19)14-18-5-6-20-14/h1-2,5-7,11,17H,3-4H2,(H3,15,16). The lowest BCUT2D eigenvalue weighted by atomic mass is 9.90. The highest BCUT2D eigenvalue weighted by Crippen LogP contribution is 2.27. The van der Waals surface area contributed by atoms with Gasteiger partial charge in [-0.1, -0.05) is 12.1 Å². The van der Waals surface area contributed by atoms with Crippen molar-refractivity contribution in [2.45, 2.75) is 12.5 Å². The van der Waals surface area contributed by atoms with Gasteiger partial charge in [-0.15, -0.1) is 11.3 Å². The Kier molecular flexibility index (Phi) is 3.33. The maximum absolute atomic E-state index is 12.5. The van der Waals surface area contributed by atoms with Gasteiger partial charge >= 0.3 is 0 Å². The number of Topliss-reactive ketones (excluding diaryl/α,β-unsaturated/α-hetero) is 1. The first-order valence-corrected chi connectivity index (χ1v) is 7.19. The van der Waals surface area contributed by atoms with Crippen molar-refractivity contribution in [2.75, 3.05) is 6.54 Å². The van der Waals surface area contributed by atoms with Crippen LogP contribution in [0, 0.1) is 5.41 Å². The van der Waals surface area contributed by atoms with E-state index in [1.807, 2.05) is 18.2 Å². The van der Waals surface area contributed by atoms with Crippen LogP contribution in [-0.2, 0) is 6.42 Å². The third kappa shape index (κ3) is 2.23. The summed E-state index contributed by atoms with van der Waals surface area (Å²) in [6, 6.07) is 5.22. The van der Waals surface area contributed by atoms with Crippen LogP contribution in [0.4, 0.5) is 0 Å². The molecule has 0 spiro atoms. The highest BCUT2D eigenvalue weighted by molar-refractivity contribution is 7.11. The lowest BCUT2D eigenvalue weighted by Gasteiger charge is -2.25. The van der Waals surface area contributed by atoms with Gasteiger partial charge in [0.15, 0.2) is 5.01 Å². The number of nitrogens with one attached hydrogen (secondary N) is 2. The molecule has 1 aliphatic rings. The Morgan fingerprint density at radius 2 is 2.35 bits per heavy atom. The molecule has 3 rings (SSSR count). The second kappa shape index (κ2) is 5.15. The van der Waals surface area contributed by atoms with Gasteiger partial charge in [0.1, 0.15) is 5.84 Å². The van der Waals surface area contributed by atoms with E-state index in [4.69, 9.17) is 11.1 Å². The monoisotopic (exact) mass is 286 g/mol.